The van der Waals surface area contributed by atoms with Gasteiger partial charge in [0, 0.05) is 17.7 Å². The highest BCUT2D eigenvalue weighted by Gasteiger charge is 2.51. The summed E-state index contributed by atoms with van der Waals surface area (Å²) in [6.07, 6.45) is -2.15. The lowest BCUT2D eigenvalue weighted by Gasteiger charge is -2.53. The van der Waals surface area contributed by atoms with Crippen molar-refractivity contribution in [2.45, 2.75) is 83.3 Å². The molecule has 0 aromatic rings. The lowest BCUT2D eigenvalue weighted by Crippen LogP contribution is -2.60. The molecular weight excluding hydrogens is 283 g/mol. The molecule has 2 atom stereocenters. The molecule has 0 saturated carbocycles. The monoisotopic (exact) mass is 309 g/mol. The summed E-state index contributed by atoms with van der Waals surface area (Å²) in [4.78, 5) is 5.79. The van der Waals surface area contributed by atoms with E-state index in [9.17, 15) is 13.2 Å². The molecule has 2 rings (SSSR count). The van der Waals surface area contributed by atoms with Gasteiger partial charge < -0.3 is 4.74 Å². The van der Waals surface area contributed by atoms with Crippen LogP contribution in [-0.4, -0.2) is 35.2 Å². The molecule has 0 unspecified atom stereocenters. The minimum atomic E-state index is -4.28. The van der Waals surface area contributed by atoms with E-state index in [0.29, 0.717) is 13.0 Å². The number of nitrogens with zero attached hydrogens (tertiary/aromatic N) is 1. The maximum absolute atomic E-state index is 13.2. The molecule has 2 aliphatic rings. The SMILES string of the molecule is CC1(C)CCCC(C)(C)N1O[C@H]1OCCC[C@@H]1C(F)(F)F. The van der Waals surface area contributed by atoms with E-state index in [-0.39, 0.29) is 17.5 Å². The number of rotatable bonds is 2. The first-order chi connectivity index (χ1) is 9.54. The number of ether oxygens (including phenoxy) is 1. The molecule has 0 aliphatic carbocycles. The lowest BCUT2D eigenvalue weighted by molar-refractivity contribution is -0.391. The zero-order valence-corrected chi connectivity index (χ0v) is 13.3. The zero-order chi connectivity index (χ0) is 15.9. The van der Waals surface area contributed by atoms with Crippen molar-refractivity contribution in [1.82, 2.24) is 5.06 Å². The highest BCUT2D eigenvalue weighted by molar-refractivity contribution is 4.93. The number of piperidine rings is 1. The van der Waals surface area contributed by atoms with E-state index >= 15 is 0 Å². The van der Waals surface area contributed by atoms with Crippen molar-refractivity contribution in [3.05, 3.63) is 0 Å². The zero-order valence-electron chi connectivity index (χ0n) is 13.3. The lowest BCUT2D eigenvalue weighted by atomic mass is 9.82. The second-order valence-corrected chi connectivity index (χ2v) is 7.41. The van der Waals surface area contributed by atoms with Crippen LogP contribution in [0, 0.1) is 5.92 Å². The van der Waals surface area contributed by atoms with Crippen molar-refractivity contribution < 1.29 is 22.7 Å². The number of hydrogen-bond donors (Lipinski definition) is 0. The summed E-state index contributed by atoms with van der Waals surface area (Å²) in [7, 11) is 0. The van der Waals surface area contributed by atoms with E-state index in [4.69, 9.17) is 9.57 Å². The van der Waals surface area contributed by atoms with Gasteiger partial charge in [0.25, 0.3) is 0 Å². The van der Waals surface area contributed by atoms with Crippen LogP contribution in [0.3, 0.4) is 0 Å². The van der Waals surface area contributed by atoms with Gasteiger partial charge in [-0.05, 0) is 59.8 Å². The normalized spacial score (nSPS) is 33.9. The summed E-state index contributed by atoms with van der Waals surface area (Å²) in [6.45, 7) is 8.38. The van der Waals surface area contributed by atoms with Crippen molar-refractivity contribution in [3.63, 3.8) is 0 Å². The number of halogens is 3. The Hall–Kier alpha value is -0.330. The Kier molecular flexibility index (Phi) is 4.63. The van der Waals surface area contributed by atoms with E-state index < -0.39 is 18.4 Å². The largest absolute Gasteiger partial charge is 0.396 e. The van der Waals surface area contributed by atoms with Crippen molar-refractivity contribution >= 4 is 0 Å². The minimum Gasteiger partial charge on any atom is -0.350 e. The number of hydrogen-bond acceptors (Lipinski definition) is 3. The van der Waals surface area contributed by atoms with Crippen LogP contribution in [-0.2, 0) is 9.57 Å². The Morgan fingerprint density at radius 3 is 2.14 bits per heavy atom. The summed E-state index contributed by atoms with van der Waals surface area (Å²) < 4.78 is 44.8. The molecule has 0 N–H and O–H groups in total. The first-order valence-electron chi connectivity index (χ1n) is 7.69. The molecule has 124 valence electrons. The molecule has 3 nitrogen and oxygen atoms in total. The fraction of sp³-hybridized carbons (Fsp3) is 1.00. The molecule has 0 bridgehead atoms. The molecule has 2 aliphatic heterocycles. The maximum Gasteiger partial charge on any atom is 0.396 e. The molecular formula is C15H26F3NO2. The van der Waals surface area contributed by atoms with Gasteiger partial charge in [0.05, 0.1) is 0 Å². The van der Waals surface area contributed by atoms with Gasteiger partial charge in [0.2, 0.25) is 0 Å². The topological polar surface area (TPSA) is 21.7 Å². The van der Waals surface area contributed by atoms with Crippen LogP contribution in [0.4, 0.5) is 13.2 Å². The quantitative estimate of drug-likeness (QED) is 0.760. The van der Waals surface area contributed by atoms with Crippen molar-refractivity contribution in [2.75, 3.05) is 6.61 Å². The number of alkyl halides is 3. The standard InChI is InChI=1S/C15H26F3NO2/c1-13(2)8-6-9-14(3,4)19(13)21-12-11(15(16,17)18)7-5-10-20-12/h11-12H,5-10H2,1-4H3/t11-,12+/m0/s1. The van der Waals surface area contributed by atoms with Crippen molar-refractivity contribution in [3.8, 4) is 0 Å². The summed E-state index contributed by atoms with van der Waals surface area (Å²) >= 11 is 0. The Labute approximate surface area is 124 Å². The first kappa shape index (κ1) is 17.0. The second kappa shape index (κ2) is 5.70. The summed E-state index contributed by atoms with van der Waals surface area (Å²) in [6, 6.07) is 0. The molecule has 0 aromatic heterocycles. The van der Waals surface area contributed by atoms with Crippen LogP contribution in [0.1, 0.15) is 59.8 Å². The van der Waals surface area contributed by atoms with Gasteiger partial charge in [-0.25, -0.2) is 0 Å². The van der Waals surface area contributed by atoms with Crippen molar-refractivity contribution in [2.24, 2.45) is 5.92 Å². The molecule has 2 heterocycles. The smallest absolute Gasteiger partial charge is 0.350 e. The third-order valence-electron chi connectivity index (χ3n) is 4.58. The Morgan fingerprint density at radius 2 is 1.62 bits per heavy atom. The summed E-state index contributed by atoms with van der Waals surface area (Å²) in [5.74, 6) is -1.54. The van der Waals surface area contributed by atoms with Crippen LogP contribution in [0.5, 0.6) is 0 Å². The van der Waals surface area contributed by atoms with Crippen LogP contribution in [0.15, 0.2) is 0 Å². The Morgan fingerprint density at radius 1 is 1.05 bits per heavy atom. The minimum absolute atomic E-state index is 0.0723. The molecule has 0 spiro atoms. The van der Waals surface area contributed by atoms with E-state index in [1.165, 1.54) is 0 Å². The van der Waals surface area contributed by atoms with Gasteiger partial charge in [-0.15, -0.1) is 0 Å². The van der Waals surface area contributed by atoms with Gasteiger partial charge in [-0.1, -0.05) is 0 Å². The van der Waals surface area contributed by atoms with E-state index in [0.717, 1.165) is 19.3 Å². The summed E-state index contributed by atoms with van der Waals surface area (Å²) in [5, 5.41) is 1.75. The van der Waals surface area contributed by atoms with Gasteiger partial charge in [-0.2, -0.15) is 18.2 Å². The van der Waals surface area contributed by atoms with E-state index in [1.807, 2.05) is 27.7 Å². The second-order valence-electron chi connectivity index (χ2n) is 7.41. The van der Waals surface area contributed by atoms with Gasteiger partial charge in [0.1, 0.15) is 5.92 Å². The molecule has 0 aromatic carbocycles. The van der Waals surface area contributed by atoms with Crippen LogP contribution < -0.4 is 0 Å². The average Bonchev–Trinajstić information content (AvgIpc) is 2.33. The first-order valence-corrected chi connectivity index (χ1v) is 7.69. The highest BCUT2D eigenvalue weighted by atomic mass is 19.4. The summed E-state index contributed by atoms with van der Waals surface area (Å²) in [5.41, 5.74) is -0.586. The molecule has 0 radical (unpaired) electrons. The van der Waals surface area contributed by atoms with Crippen LogP contribution >= 0.6 is 0 Å². The predicted molar refractivity (Wildman–Crippen MR) is 73.5 cm³/mol. The fourth-order valence-electron chi connectivity index (χ4n) is 3.54. The van der Waals surface area contributed by atoms with E-state index in [1.54, 1.807) is 5.06 Å². The third kappa shape index (κ3) is 3.71. The molecule has 2 fully saturated rings. The maximum atomic E-state index is 13.2. The van der Waals surface area contributed by atoms with Gasteiger partial charge in [-0.3, -0.25) is 4.84 Å². The molecule has 21 heavy (non-hydrogen) atoms. The molecule has 6 heteroatoms. The van der Waals surface area contributed by atoms with Crippen LogP contribution in [0.2, 0.25) is 0 Å². The predicted octanol–water partition coefficient (Wildman–Crippen LogP) is 4.28. The Balaban J connectivity index is 2.17. The fourth-order valence-corrected chi connectivity index (χ4v) is 3.54. The third-order valence-corrected chi connectivity index (χ3v) is 4.58. The molecule has 2 saturated heterocycles. The van der Waals surface area contributed by atoms with E-state index in [2.05, 4.69) is 0 Å². The molecule has 0 amide bonds. The van der Waals surface area contributed by atoms with Gasteiger partial charge >= 0.3 is 6.18 Å². The number of hydroxylamine groups is 2. The van der Waals surface area contributed by atoms with Crippen molar-refractivity contribution in [1.29, 1.82) is 0 Å². The Bertz CT molecular complexity index is 352. The van der Waals surface area contributed by atoms with Gasteiger partial charge in [0.15, 0.2) is 6.29 Å². The highest BCUT2D eigenvalue weighted by Crippen LogP contribution is 2.42. The van der Waals surface area contributed by atoms with Crippen LogP contribution in [0.25, 0.3) is 0 Å². The average molecular weight is 309 g/mol.